The zero-order valence-corrected chi connectivity index (χ0v) is 15.6. The molecule has 1 aromatic heterocycles. The minimum absolute atomic E-state index is 1.09. The molecule has 4 rings (SSSR count). The van der Waals surface area contributed by atoms with E-state index in [0.717, 1.165) is 5.69 Å². The predicted molar refractivity (Wildman–Crippen MR) is 108 cm³/mol. The van der Waals surface area contributed by atoms with Gasteiger partial charge in [-0.25, -0.2) is 0 Å². The summed E-state index contributed by atoms with van der Waals surface area (Å²) in [4.78, 5) is 4.87. The van der Waals surface area contributed by atoms with Crippen LogP contribution >= 0.6 is 0 Å². The van der Waals surface area contributed by atoms with Crippen molar-refractivity contribution < 1.29 is 0 Å². The third-order valence-corrected chi connectivity index (χ3v) is 5.01. The Kier molecular flexibility index (Phi) is 3.61. The molecule has 0 bridgehead atoms. The Labute approximate surface area is 149 Å². The lowest BCUT2D eigenvalue weighted by Gasteiger charge is -2.15. The van der Waals surface area contributed by atoms with Gasteiger partial charge in [0, 0.05) is 17.1 Å². The molecule has 0 aliphatic heterocycles. The number of aromatic nitrogens is 1. The molecule has 0 radical (unpaired) electrons. The van der Waals surface area contributed by atoms with Gasteiger partial charge < -0.3 is 0 Å². The number of hydrogen-bond donors (Lipinski definition) is 0. The van der Waals surface area contributed by atoms with E-state index in [1.165, 1.54) is 54.9 Å². The van der Waals surface area contributed by atoms with E-state index in [1.807, 2.05) is 6.20 Å². The van der Waals surface area contributed by atoms with Crippen molar-refractivity contribution in [2.24, 2.45) is 0 Å². The molecular weight excluding hydrogens is 302 g/mol. The summed E-state index contributed by atoms with van der Waals surface area (Å²) in [6.07, 6.45) is 2.02. The molecule has 0 aliphatic rings. The minimum atomic E-state index is 1.09. The van der Waals surface area contributed by atoms with Gasteiger partial charge in [0.25, 0.3) is 0 Å². The fraction of sp³-hybridized carbons (Fsp3) is 0.208. The highest BCUT2D eigenvalue weighted by Gasteiger charge is 2.14. The third-order valence-electron chi connectivity index (χ3n) is 5.01. The van der Waals surface area contributed by atoms with Crippen molar-refractivity contribution in [1.82, 2.24) is 4.98 Å². The Morgan fingerprint density at radius 2 is 1.36 bits per heavy atom. The zero-order chi connectivity index (χ0) is 17.7. The highest BCUT2D eigenvalue weighted by Crippen LogP contribution is 2.37. The molecule has 4 aromatic rings. The zero-order valence-electron chi connectivity index (χ0n) is 15.6. The van der Waals surface area contributed by atoms with Crippen LogP contribution in [0.3, 0.4) is 0 Å². The van der Waals surface area contributed by atoms with Gasteiger partial charge in [-0.3, -0.25) is 4.98 Å². The molecule has 3 aromatic carbocycles. The number of aryl methyl sites for hydroxylation is 5. The predicted octanol–water partition coefficient (Wildman–Crippen LogP) is 6.60. The fourth-order valence-corrected chi connectivity index (χ4v) is 4.04. The summed E-state index contributed by atoms with van der Waals surface area (Å²) in [6.45, 7) is 10.8. The van der Waals surface area contributed by atoms with Crippen molar-refractivity contribution in [2.45, 2.75) is 34.6 Å². The molecule has 0 saturated heterocycles. The van der Waals surface area contributed by atoms with Gasteiger partial charge in [0.1, 0.15) is 0 Å². The monoisotopic (exact) mass is 325 g/mol. The molecule has 124 valence electrons. The number of pyridine rings is 1. The molecule has 1 nitrogen and oxygen atoms in total. The van der Waals surface area contributed by atoms with Gasteiger partial charge in [-0.15, -0.1) is 0 Å². The van der Waals surface area contributed by atoms with Crippen molar-refractivity contribution in [3.8, 4) is 11.3 Å². The molecule has 0 unspecified atom stereocenters. The van der Waals surface area contributed by atoms with Crippen LogP contribution in [0.2, 0.25) is 0 Å². The maximum atomic E-state index is 4.87. The molecule has 0 N–H and O–H groups in total. The van der Waals surface area contributed by atoms with Crippen LogP contribution in [0.25, 0.3) is 32.8 Å². The summed E-state index contributed by atoms with van der Waals surface area (Å²) in [5, 5.41) is 5.19. The highest BCUT2D eigenvalue weighted by molar-refractivity contribution is 6.15. The Hall–Kier alpha value is -2.67. The van der Waals surface area contributed by atoms with E-state index in [9.17, 15) is 0 Å². The van der Waals surface area contributed by atoms with E-state index < -0.39 is 0 Å². The molecule has 1 heterocycles. The largest absolute Gasteiger partial charge is 0.255 e. The third kappa shape index (κ3) is 2.60. The maximum Gasteiger partial charge on any atom is 0.0787 e. The smallest absolute Gasteiger partial charge is 0.0787 e. The highest BCUT2D eigenvalue weighted by atomic mass is 14.7. The van der Waals surface area contributed by atoms with Crippen molar-refractivity contribution in [1.29, 1.82) is 0 Å². The van der Waals surface area contributed by atoms with E-state index in [2.05, 4.69) is 77.1 Å². The average Bonchev–Trinajstić information content (AvgIpc) is 2.53. The first-order valence-electron chi connectivity index (χ1n) is 8.82. The normalized spacial score (nSPS) is 11.4. The summed E-state index contributed by atoms with van der Waals surface area (Å²) < 4.78 is 0. The van der Waals surface area contributed by atoms with E-state index in [1.54, 1.807) is 0 Å². The number of rotatable bonds is 1. The SMILES string of the molecule is Cc1cc(C)cc(-c2ncc(C)c3c(C)cc4cc(C)ccc4c23)c1. The number of benzene rings is 3. The molecule has 1 heteroatoms. The molecule has 0 saturated carbocycles. The van der Waals surface area contributed by atoms with Gasteiger partial charge in [-0.1, -0.05) is 47.0 Å². The van der Waals surface area contributed by atoms with Gasteiger partial charge >= 0.3 is 0 Å². The second-order valence-corrected chi connectivity index (χ2v) is 7.33. The van der Waals surface area contributed by atoms with Crippen molar-refractivity contribution in [3.05, 3.63) is 76.5 Å². The summed E-state index contributed by atoms with van der Waals surface area (Å²) >= 11 is 0. The molecule has 0 fully saturated rings. The van der Waals surface area contributed by atoms with Crippen molar-refractivity contribution >= 4 is 21.5 Å². The Bertz CT molecular complexity index is 1120. The molecule has 0 amide bonds. The second kappa shape index (κ2) is 5.70. The lowest BCUT2D eigenvalue weighted by Crippen LogP contribution is -1.94. The number of hydrogen-bond acceptors (Lipinski definition) is 1. The molecule has 0 aliphatic carbocycles. The molecule has 0 spiro atoms. The fourth-order valence-electron chi connectivity index (χ4n) is 4.04. The van der Waals surface area contributed by atoms with E-state index in [0.29, 0.717) is 0 Å². The van der Waals surface area contributed by atoms with Gasteiger partial charge in [0.05, 0.1) is 5.69 Å². The van der Waals surface area contributed by atoms with Gasteiger partial charge in [-0.2, -0.15) is 0 Å². The van der Waals surface area contributed by atoms with Crippen LogP contribution < -0.4 is 0 Å². The molecular formula is C24H23N. The van der Waals surface area contributed by atoms with Crippen LogP contribution in [0.5, 0.6) is 0 Å². The summed E-state index contributed by atoms with van der Waals surface area (Å²) in [5.41, 5.74) is 8.69. The second-order valence-electron chi connectivity index (χ2n) is 7.33. The average molecular weight is 325 g/mol. The van der Waals surface area contributed by atoms with Crippen LogP contribution in [0, 0.1) is 34.6 Å². The Balaban J connectivity index is 2.22. The number of nitrogens with zero attached hydrogens (tertiary/aromatic N) is 1. The lowest BCUT2D eigenvalue weighted by molar-refractivity contribution is 1.29. The minimum Gasteiger partial charge on any atom is -0.255 e. The summed E-state index contributed by atoms with van der Waals surface area (Å²) in [6, 6.07) is 15.7. The van der Waals surface area contributed by atoms with Crippen LogP contribution in [0.4, 0.5) is 0 Å². The van der Waals surface area contributed by atoms with E-state index in [4.69, 9.17) is 4.98 Å². The quantitative estimate of drug-likeness (QED) is 0.359. The van der Waals surface area contributed by atoms with Gasteiger partial charge in [0.2, 0.25) is 0 Å². The van der Waals surface area contributed by atoms with Crippen LogP contribution in [0.1, 0.15) is 27.8 Å². The lowest BCUT2D eigenvalue weighted by atomic mass is 9.91. The first-order chi connectivity index (χ1) is 11.9. The Morgan fingerprint density at radius 3 is 2.08 bits per heavy atom. The van der Waals surface area contributed by atoms with Gasteiger partial charge in [0.15, 0.2) is 0 Å². The summed E-state index contributed by atoms with van der Waals surface area (Å²) in [5.74, 6) is 0. The number of fused-ring (bicyclic) bond motifs is 3. The van der Waals surface area contributed by atoms with Crippen molar-refractivity contribution in [3.63, 3.8) is 0 Å². The standard InChI is InChI=1S/C24H23N/c1-14-6-7-21-19(9-14)12-17(4)22-18(5)13-25-24(23(21)22)20-10-15(2)8-16(3)11-20/h6-13H,1-5H3. The van der Waals surface area contributed by atoms with Crippen LogP contribution in [-0.2, 0) is 0 Å². The van der Waals surface area contributed by atoms with Gasteiger partial charge in [-0.05, 0) is 74.0 Å². The molecule has 0 atom stereocenters. The van der Waals surface area contributed by atoms with Crippen LogP contribution in [0.15, 0.2) is 48.7 Å². The maximum absolute atomic E-state index is 4.87. The topological polar surface area (TPSA) is 12.9 Å². The molecule has 25 heavy (non-hydrogen) atoms. The van der Waals surface area contributed by atoms with E-state index in [-0.39, 0.29) is 0 Å². The first kappa shape index (κ1) is 15.8. The Morgan fingerprint density at radius 1 is 0.640 bits per heavy atom. The van der Waals surface area contributed by atoms with Crippen molar-refractivity contribution in [2.75, 3.05) is 0 Å². The van der Waals surface area contributed by atoms with Crippen LogP contribution in [-0.4, -0.2) is 4.98 Å². The first-order valence-corrected chi connectivity index (χ1v) is 8.82. The summed E-state index contributed by atoms with van der Waals surface area (Å²) in [7, 11) is 0. The van der Waals surface area contributed by atoms with E-state index >= 15 is 0 Å².